The normalized spacial score (nSPS) is 25.3. The van der Waals surface area contributed by atoms with E-state index in [1.165, 1.54) is 11.3 Å². The minimum absolute atomic E-state index is 0.194. The second-order valence-electron chi connectivity index (χ2n) is 3.86. The molecular formula is C11H14N2OS. The van der Waals surface area contributed by atoms with Gasteiger partial charge in [-0.3, -0.25) is 0 Å². The first-order valence-corrected chi connectivity index (χ1v) is 6.01. The maximum Gasteiger partial charge on any atom is 0.110 e. The minimum atomic E-state index is -0.194. The first-order valence-electron chi connectivity index (χ1n) is 5.20. The molecule has 0 amide bonds. The molecule has 0 saturated heterocycles. The lowest BCUT2D eigenvalue weighted by molar-refractivity contribution is 0.149. The molecule has 1 aromatic heterocycles. The molecule has 1 saturated carbocycles. The standard InChI is InChI=1S/C11H14N2OS/c12-6-8-4-5-9(15-8)7-13-10-2-1-3-11(10)14/h4-5,10-11,13-14H,1-3,7H2. The van der Waals surface area contributed by atoms with Crippen LogP contribution in [0.1, 0.15) is 29.0 Å². The summed E-state index contributed by atoms with van der Waals surface area (Å²) in [7, 11) is 0. The van der Waals surface area contributed by atoms with Gasteiger partial charge in [-0.05, 0) is 31.4 Å². The summed E-state index contributed by atoms with van der Waals surface area (Å²) in [5.74, 6) is 0. The predicted molar refractivity (Wildman–Crippen MR) is 59.5 cm³/mol. The highest BCUT2D eigenvalue weighted by atomic mass is 32.1. The van der Waals surface area contributed by atoms with Crippen LogP contribution in [0, 0.1) is 11.3 Å². The van der Waals surface area contributed by atoms with Crippen molar-refractivity contribution in [1.82, 2.24) is 5.32 Å². The van der Waals surface area contributed by atoms with Crippen LogP contribution in [0.3, 0.4) is 0 Å². The van der Waals surface area contributed by atoms with Crippen molar-refractivity contribution in [2.75, 3.05) is 0 Å². The summed E-state index contributed by atoms with van der Waals surface area (Å²) in [6.45, 7) is 0.758. The van der Waals surface area contributed by atoms with Gasteiger partial charge in [0.25, 0.3) is 0 Å². The summed E-state index contributed by atoms with van der Waals surface area (Å²) in [5.41, 5.74) is 0. The first kappa shape index (κ1) is 10.6. The number of thiophene rings is 1. The molecule has 0 spiro atoms. The van der Waals surface area contributed by atoms with Crippen LogP contribution in [-0.2, 0) is 6.54 Å². The molecule has 1 heterocycles. The van der Waals surface area contributed by atoms with Gasteiger partial charge < -0.3 is 10.4 Å². The quantitative estimate of drug-likeness (QED) is 0.817. The molecule has 15 heavy (non-hydrogen) atoms. The summed E-state index contributed by atoms with van der Waals surface area (Å²) in [6.07, 6.45) is 2.87. The summed E-state index contributed by atoms with van der Waals surface area (Å²) in [4.78, 5) is 1.91. The maximum atomic E-state index is 9.61. The third kappa shape index (κ3) is 2.57. The van der Waals surface area contributed by atoms with Crippen molar-refractivity contribution < 1.29 is 5.11 Å². The number of nitrogens with zero attached hydrogens (tertiary/aromatic N) is 1. The summed E-state index contributed by atoms with van der Waals surface area (Å²) in [5, 5.41) is 21.6. The maximum absolute atomic E-state index is 9.61. The molecule has 1 aromatic rings. The zero-order valence-corrected chi connectivity index (χ0v) is 9.26. The van der Waals surface area contributed by atoms with Crippen LogP contribution in [0.15, 0.2) is 12.1 Å². The molecule has 1 fully saturated rings. The Morgan fingerprint density at radius 1 is 1.53 bits per heavy atom. The third-order valence-electron chi connectivity index (χ3n) is 2.79. The Hall–Kier alpha value is -0.890. The van der Waals surface area contributed by atoms with E-state index in [1.54, 1.807) is 0 Å². The van der Waals surface area contributed by atoms with Crippen molar-refractivity contribution in [2.24, 2.45) is 0 Å². The molecule has 2 rings (SSSR count). The monoisotopic (exact) mass is 222 g/mol. The highest BCUT2D eigenvalue weighted by molar-refractivity contribution is 7.12. The van der Waals surface area contributed by atoms with E-state index in [2.05, 4.69) is 11.4 Å². The lowest BCUT2D eigenvalue weighted by Crippen LogP contribution is -2.34. The minimum Gasteiger partial charge on any atom is -0.392 e. The van der Waals surface area contributed by atoms with E-state index in [-0.39, 0.29) is 12.1 Å². The van der Waals surface area contributed by atoms with Crippen molar-refractivity contribution in [2.45, 2.75) is 38.0 Å². The second-order valence-corrected chi connectivity index (χ2v) is 5.03. The summed E-state index contributed by atoms with van der Waals surface area (Å²) < 4.78 is 0. The van der Waals surface area contributed by atoms with Crippen LogP contribution < -0.4 is 5.32 Å². The number of nitrogens with one attached hydrogen (secondary N) is 1. The molecule has 2 N–H and O–H groups in total. The fraction of sp³-hybridized carbons (Fsp3) is 0.545. The smallest absolute Gasteiger partial charge is 0.110 e. The fourth-order valence-electron chi connectivity index (χ4n) is 1.94. The van der Waals surface area contributed by atoms with Gasteiger partial charge in [0, 0.05) is 17.5 Å². The number of hydrogen-bond acceptors (Lipinski definition) is 4. The van der Waals surface area contributed by atoms with Gasteiger partial charge in [0.2, 0.25) is 0 Å². The topological polar surface area (TPSA) is 56.0 Å². The van der Waals surface area contributed by atoms with Crippen molar-refractivity contribution in [3.63, 3.8) is 0 Å². The van der Waals surface area contributed by atoms with E-state index < -0.39 is 0 Å². The Bertz CT molecular complexity index is 369. The number of aliphatic hydroxyl groups excluding tert-OH is 1. The van der Waals surface area contributed by atoms with Crippen molar-refractivity contribution in [3.05, 3.63) is 21.9 Å². The Morgan fingerprint density at radius 2 is 2.40 bits per heavy atom. The molecule has 80 valence electrons. The van der Waals surface area contributed by atoms with Gasteiger partial charge in [0.05, 0.1) is 6.10 Å². The Labute approximate surface area is 93.4 Å². The SMILES string of the molecule is N#Cc1ccc(CNC2CCCC2O)s1. The van der Waals surface area contributed by atoms with Crippen LogP contribution in [-0.4, -0.2) is 17.3 Å². The molecule has 3 nitrogen and oxygen atoms in total. The lowest BCUT2D eigenvalue weighted by atomic mass is 10.2. The average Bonchev–Trinajstić information content (AvgIpc) is 2.84. The van der Waals surface area contributed by atoms with E-state index in [1.807, 2.05) is 12.1 Å². The number of nitriles is 1. The highest BCUT2D eigenvalue weighted by Crippen LogP contribution is 2.20. The molecular weight excluding hydrogens is 208 g/mol. The van der Waals surface area contributed by atoms with E-state index in [4.69, 9.17) is 5.26 Å². The molecule has 2 atom stereocenters. The molecule has 0 aliphatic heterocycles. The largest absolute Gasteiger partial charge is 0.392 e. The molecule has 1 aliphatic carbocycles. The van der Waals surface area contributed by atoms with Gasteiger partial charge >= 0.3 is 0 Å². The zero-order chi connectivity index (χ0) is 10.7. The van der Waals surface area contributed by atoms with E-state index in [0.29, 0.717) is 0 Å². The zero-order valence-electron chi connectivity index (χ0n) is 8.44. The van der Waals surface area contributed by atoms with Crippen molar-refractivity contribution in [1.29, 1.82) is 5.26 Å². The van der Waals surface area contributed by atoms with Crippen LogP contribution in [0.2, 0.25) is 0 Å². The van der Waals surface area contributed by atoms with E-state index in [0.717, 1.165) is 35.6 Å². The van der Waals surface area contributed by atoms with E-state index >= 15 is 0 Å². The second kappa shape index (κ2) is 4.75. The molecule has 0 aromatic carbocycles. The van der Waals surface area contributed by atoms with Gasteiger partial charge in [-0.1, -0.05) is 0 Å². The first-order chi connectivity index (χ1) is 7.29. The number of rotatable bonds is 3. The Kier molecular flexibility index (Phi) is 3.37. The molecule has 1 aliphatic rings. The van der Waals surface area contributed by atoms with Gasteiger partial charge in [0.15, 0.2) is 0 Å². The van der Waals surface area contributed by atoms with Gasteiger partial charge in [-0.15, -0.1) is 11.3 Å². The molecule has 2 unspecified atom stereocenters. The van der Waals surface area contributed by atoms with Crippen molar-refractivity contribution >= 4 is 11.3 Å². The Morgan fingerprint density at radius 3 is 3.00 bits per heavy atom. The Balaban J connectivity index is 1.85. The van der Waals surface area contributed by atoms with Crippen LogP contribution in [0.25, 0.3) is 0 Å². The third-order valence-corrected chi connectivity index (χ3v) is 3.78. The molecule has 4 heteroatoms. The lowest BCUT2D eigenvalue weighted by Gasteiger charge is -2.15. The average molecular weight is 222 g/mol. The van der Waals surface area contributed by atoms with Crippen LogP contribution >= 0.6 is 11.3 Å². The van der Waals surface area contributed by atoms with Gasteiger partial charge in [-0.25, -0.2) is 0 Å². The predicted octanol–water partition coefficient (Wildman–Crippen LogP) is 1.62. The molecule has 0 radical (unpaired) electrons. The van der Waals surface area contributed by atoms with Crippen molar-refractivity contribution in [3.8, 4) is 6.07 Å². The van der Waals surface area contributed by atoms with E-state index in [9.17, 15) is 5.11 Å². The van der Waals surface area contributed by atoms with Gasteiger partial charge in [0.1, 0.15) is 10.9 Å². The number of aliphatic hydroxyl groups is 1. The molecule has 0 bridgehead atoms. The van der Waals surface area contributed by atoms with Gasteiger partial charge in [-0.2, -0.15) is 5.26 Å². The highest BCUT2D eigenvalue weighted by Gasteiger charge is 2.24. The number of hydrogen-bond donors (Lipinski definition) is 2. The van der Waals surface area contributed by atoms with Crippen LogP contribution in [0.5, 0.6) is 0 Å². The summed E-state index contributed by atoms with van der Waals surface area (Å²) in [6, 6.07) is 6.17. The summed E-state index contributed by atoms with van der Waals surface area (Å²) >= 11 is 1.51. The van der Waals surface area contributed by atoms with Crippen LogP contribution in [0.4, 0.5) is 0 Å². The fourth-order valence-corrected chi connectivity index (χ4v) is 2.70.